The van der Waals surface area contributed by atoms with E-state index in [1.54, 1.807) is 19.1 Å². The van der Waals surface area contributed by atoms with Gasteiger partial charge in [0.05, 0.1) is 5.02 Å². The van der Waals surface area contributed by atoms with Crippen LogP contribution in [0.5, 0.6) is 5.75 Å². The zero-order valence-electron chi connectivity index (χ0n) is 13.3. The Labute approximate surface area is 137 Å². The van der Waals surface area contributed by atoms with Crippen molar-refractivity contribution in [1.29, 1.82) is 0 Å². The van der Waals surface area contributed by atoms with Gasteiger partial charge < -0.3 is 15.0 Å². The van der Waals surface area contributed by atoms with Crippen LogP contribution in [0.3, 0.4) is 0 Å². The van der Waals surface area contributed by atoms with Crippen molar-refractivity contribution < 1.29 is 9.53 Å². The predicted molar refractivity (Wildman–Crippen MR) is 89.4 cm³/mol. The molecule has 122 valence electrons. The van der Waals surface area contributed by atoms with Crippen LogP contribution in [0.15, 0.2) is 24.3 Å². The standard InChI is InChI=1S/C17H25ClN2O2/c1-3-19-12-14-8-10-20(11-9-14)17(21)13(2)22-16-7-5-4-6-15(16)18/h4-7,13-14,19H,3,8-12H2,1-2H3. The second-order valence-corrected chi connectivity index (χ2v) is 6.17. The van der Waals surface area contributed by atoms with Gasteiger partial charge in [0, 0.05) is 13.1 Å². The van der Waals surface area contributed by atoms with Gasteiger partial charge in [0.15, 0.2) is 6.10 Å². The van der Waals surface area contributed by atoms with Crippen molar-refractivity contribution >= 4 is 17.5 Å². The lowest BCUT2D eigenvalue weighted by Crippen LogP contribution is -2.45. The SMILES string of the molecule is CCNCC1CCN(C(=O)C(C)Oc2ccccc2Cl)CC1. The Morgan fingerprint density at radius 3 is 2.73 bits per heavy atom. The number of carbonyl (C=O) groups is 1. The molecule has 1 aliphatic heterocycles. The van der Waals surface area contributed by atoms with E-state index in [0.29, 0.717) is 16.7 Å². The molecule has 0 aromatic heterocycles. The summed E-state index contributed by atoms with van der Waals surface area (Å²) in [4.78, 5) is 14.4. The van der Waals surface area contributed by atoms with Gasteiger partial charge in [-0.1, -0.05) is 30.7 Å². The van der Waals surface area contributed by atoms with Crippen molar-refractivity contribution in [3.05, 3.63) is 29.3 Å². The van der Waals surface area contributed by atoms with E-state index in [1.165, 1.54) is 0 Å². The Bertz CT molecular complexity index is 487. The summed E-state index contributed by atoms with van der Waals surface area (Å²) in [5, 5.41) is 3.91. The molecule has 2 rings (SSSR count). The van der Waals surface area contributed by atoms with E-state index in [4.69, 9.17) is 16.3 Å². The monoisotopic (exact) mass is 324 g/mol. The Kier molecular flexibility index (Phi) is 6.52. The maximum Gasteiger partial charge on any atom is 0.263 e. The van der Waals surface area contributed by atoms with Crippen LogP contribution >= 0.6 is 11.6 Å². The first kappa shape index (κ1) is 17.1. The molecule has 0 radical (unpaired) electrons. The number of hydrogen-bond acceptors (Lipinski definition) is 3. The van der Waals surface area contributed by atoms with Gasteiger partial charge in [-0.15, -0.1) is 0 Å². The quantitative estimate of drug-likeness (QED) is 0.874. The number of likely N-dealkylation sites (tertiary alicyclic amines) is 1. The highest BCUT2D eigenvalue weighted by Crippen LogP contribution is 2.25. The molecule has 0 spiro atoms. The minimum atomic E-state index is -0.509. The lowest BCUT2D eigenvalue weighted by Gasteiger charge is -2.33. The molecule has 1 fully saturated rings. The van der Waals surface area contributed by atoms with Crippen molar-refractivity contribution in [2.75, 3.05) is 26.2 Å². The minimum absolute atomic E-state index is 0.0434. The summed E-state index contributed by atoms with van der Waals surface area (Å²) in [6.07, 6.45) is 1.60. The zero-order chi connectivity index (χ0) is 15.9. The van der Waals surface area contributed by atoms with Gasteiger partial charge in [0.1, 0.15) is 5.75 Å². The third-order valence-electron chi connectivity index (χ3n) is 4.10. The minimum Gasteiger partial charge on any atom is -0.479 e. The van der Waals surface area contributed by atoms with Crippen LogP contribution in [-0.2, 0) is 4.79 Å². The van der Waals surface area contributed by atoms with Gasteiger partial charge in [-0.3, -0.25) is 4.79 Å². The molecule has 1 N–H and O–H groups in total. The Hall–Kier alpha value is -1.26. The fraction of sp³-hybridized carbons (Fsp3) is 0.588. The van der Waals surface area contributed by atoms with Crippen LogP contribution in [0, 0.1) is 5.92 Å². The number of para-hydroxylation sites is 1. The number of halogens is 1. The number of hydrogen-bond donors (Lipinski definition) is 1. The van der Waals surface area contributed by atoms with Crippen molar-refractivity contribution in [3.63, 3.8) is 0 Å². The summed E-state index contributed by atoms with van der Waals surface area (Å²) in [5.74, 6) is 1.28. The largest absolute Gasteiger partial charge is 0.479 e. The third-order valence-corrected chi connectivity index (χ3v) is 4.41. The summed E-state index contributed by atoms with van der Waals surface area (Å²) >= 11 is 6.07. The van der Waals surface area contributed by atoms with E-state index < -0.39 is 6.10 Å². The molecule has 1 unspecified atom stereocenters. The number of nitrogens with zero attached hydrogens (tertiary/aromatic N) is 1. The summed E-state index contributed by atoms with van der Waals surface area (Å²) in [5.41, 5.74) is 0. The first-order chi connectivity index (χ1) is 10.6. The smallest absolute Gasteiger partial charge is 0.263 e. The molecule has 1 aliphatic rings. The second kappa shape index (κ2) is 8.39. The van der Waals surface area contributed by atoms with E-state index in [2.05, 4.69) is 12.2 Å². The number of amides is 1. The molecule has 0 bridgehead atoms. The predicted octanol–water partition coefficient (Wildman–Crippen LogP) is 2.96. The number of benzene rings is 1. The van der Waals surface area contributed by atoms with Gasteiger partial charge in [0.2, 0.25) is 0 Å². The Balaban J connectivity index is 1.83. The van der Waals surface area contributed by atoms with Gasteiger partial charge >= 0.3 is 0 Å². The molecule has 0 saturated carbocycles. The lowest BCUT2D eigenvalue weighted by molar-refractivity contribution is -0.139. The molecular weight excluding hydrogens is 300 g/mol. The van der Waals surface area contributed by atoms with Crippen LogP contribution in [0.25, 0.3) is 0 Å². The van der Waals surface area contributed by atoms with Crippen molar-refractivity contribution in [3.8, 4) is 5.75 Å². The number of ether oxygens (including phenoxy) is 1. The fourth-order valence-electron chi connectivity index (χ4n) is 2.74. The summed E-state index contributed by atoms with van der Waals surface area (Å²) in [6.45, 7) is 7.57. The normalized spacial score (nSPS) is 17.3. The van der Waals surface area contributed by atoms with Gasteiger partial charge in [-0.25, -0.2) is 0 Å². The molecule has 4 nitrogen and oxygen atoms in total. The number of rotatable bonds is 6. The van der Waals surface area contributed by atoms with Gasteiger partial charge in [-0.2, -0.15) is 0 Å². The maximum atomic E-state index is 12.5. The molecule has 1 atom stereocenters. The molecule has 5 heteroatoms. The Morgan fingerprint density at radius 1 is 1.41 bits per heavy atom. The number of carbonyl (C=O) groups excluding carboxylic acids is 1. The second-order valence-electron chi connectivity index (χ2n) is 5.77. The third kappa shape index (κ3) is 4.62. The van der Waals surface area contributed by atoms with Crippen LogP contribution in [0.1, 0.15) is 26.7 Å². The lowest BCUT2D eigenvalue weighted by atomic mass is 9.96. The Morgan fingerprint density at radius 2 is 2.09 bits per heavy atom. The summed E-state index contributed by atoms with van der Waals surface area (Å²) < 4.78 is 5.72. The van der Waals surface area contributed by atoms with Crippen LogP contribution in [-0.4, -0.2) is 43.1 Å². The molecule has 1 aromatic carbocycles. The number of nitrogens with one attached hydrogen (secondary N) is 1. The van der Waals surface area contributed by atoms with E-state index >= 15 is 0 Å². The van der Waals surface area contributed by atoms with E-state index in [1.807, 2.05) is 17.0 Å². The molecule has 1 heterocycles. The van der Waals surface area contributed by atoms with Gasteiger partial charge in [-0.05, 0) is 50.9 Å². The van der Waals surface area contributed by atoms with E-state index in [-0.39, 0.29) is 5.91 Å². The first-order valence-corrected chi connectivity index (χ1v) is 8.40. The highest BCUT2D eigenvalue weighted by molar-refractivity contribution is 6.32. The molecule has 1 saturated heterocycles. The first-order valence-electron chi connectivity index (χ1n) is 8.02. The molecule has 1 amide bonds. The van der Waals surface area contributed by atoms with Crippen molar-refractivity contribution in [1.82, 2.24) is 10.2 Å². The van der Waals surface area contributed by atoms with Crippen molar-refractivity contribution in [2.45, 2.75) is 32.8 Å². The zero-order valence-corrected chi connectivity index (χ0v) is 14.1. The molecular formula is C17H25ClN2O2. The average molecular weight is 325 g/mol. The maximum absolute atomic E-state index is 12.5. The van der Waals surface area contributed by atoms with Crippen LogP contribution in [0.4, 0.5) is 0 Å². The number of piperidine rings is 1. The highest BCUT2D eigenvalue weighted by atomic mass is 35.5. The molecule has 0 aliphatic carbocycles. The summed E-state index contributed by atoms with van der Waals surface area (Å²) in [6, 6.07) is 7.25. The fourth-order valence-corrected chi connectivity index (χ4v) is 2.92. The summed E-state index contributed by atoms with van der Waals surface area (Å²) in [7, 11) is 0. The van der Waals surface area contributed by atoms with E-state index in [9.17, 15) is 4.79 Å². The molecule has 1 aromatic rings. The molecule has 22 heavy (non-hydrogen) atoms. The highest BCUT2D eigenvalue weighted by Gasteiger charge is 2.27. The average Bonchev–Trinajstić information content (AvgIpc) is 2.55. The van der Waals surface area contributed by atoms with Crippen LogP contribution < -0.4 is 10.1 Å². The van der Waals surface area contributed by atoms with Crippen molar-refractivity contribution in [2.24, 2.45) is 5.92 Å². The van der Waals surface area contributed by atoms with Crippen LogP contribution in [0.2, 0.25) is 5.02 Å². The van der Waals surface area contributed by atoms with Gasteiger partial charge in [0.25, 0.3) is 5.91 Å². The van der Waals surface area contributed by atoms with E-state index in [0.717, 1.165) is 39.0 Å². The topological polar surface area (TPSA) is 41.6 Å².